The molecule has 4 nitrogen and oxygen atoms in total. The van der Waals surface area contributed by atoms with E-state index in [1.807, 2.05) is 36.4 Å². The molecule has 2 aromatic carbocycles. The number of ether oxygens (including phenoxy) is 2. The summed E-state index contributed by atoms with van der Waals surface area (Å²) in [5, 5.41) is 0. The molecule has 221 valence electrons. The first-order valence-electron chi connectivity index (χ1n) is 9.90. The third-order valence-electron chi connectivity index (χ3n) is 4.09. The minimum atomic E-state index is -11.2. The van der Waals surface area contributed by atoms with Gasteiger partial charge < -0.3 is 9.47 Å². The van der Waals surface area contributed by atoms with Crippen molar-refractivity contribution < 1.29 is 60.3 Å². The zero-order chi connectivity index (χ0) is 28.3. The van der Waals surface area contributed by atoms with Crippen LogP contribution < -0.4 is 0 Å². The smallest absolute Gasteiger partial charge is 0.193 e. The Bertz CT molecular complexity index is 1030. The van der Waals surface area contributed by atoms with Gasteiger partial charge in [0.05, 0.1) is 6.42 Å². The number of aliphatic imine (C=N–C) groups is 2. The second kappa shape index (κ2) is 10.6. The maximum absolute atomic E-state index is 11.2. The summed E-state index contributed by atoms with van der Waals surface area (Å²) in [4.78, 5) is 9.31. The van der Waals surface area contributed by atoms with E-state index in [0.29, 0.717) is 31.4 Å². The zero-order valence-corrected chi connectivity index (χ0v) is 24.5. The molecule has 0 spiro atoms. The van der Waals surface area contributed by atoms with Crippen LogP contribution in [0.3, 0.4) is 0 Å². The van der Waals surface area contributed by atoms with Crippen molar-refractivity contribution in [2.24, 2.45) is 9.98 Å². The minimum Gasteiger partial charge on any atom is -0.478 e. The number of hydrogen-bond donors (Lipinski definition) is 0. The van der Waals surface area contributed by atoms with Gasteiger partial charge in [0.15, 0.2) is 11.8 Å². The largest absolute Gasteiger partial charge is 0.478 e. The van der Waals surface area contributed by atoms with E-state index in [2.05, 4.69) is 34.3 Å². The van der Waals surface area contributed by atoms with E-state index >= 15 is 0 Å². The van der Waals surface area contributed by atoms with Gasteiger partial charge in [-0.2, -0.15) is 0 Å². The van der Waals surface area contributed by atoms with E-state index in [9.17, 15) is 33.8 Å². The van der Waals surface area contributed by atoms with Gasteiger partial charge in [-0.1, -0.05) is 60.7 Å². The van der Waals surface area contributed by atoms with E-state index in [-0.39, 0.29) is 29.2 Å². The van der Waals surface area contributed by atoms with Crippen molar-refractivity contribution in [1.82, 2.24) is 0 Å². The number of benzene rings is 2. The fraction of sp³-hybridized carbons (Fsp3) is 0.263. The standard InChI is InChI=1S/C19H18N2O2.Cu.12FH.2Sb/c1-3-7-14(8-4-1)16-12-22-18(20-16)11-19-21-17(13-23-19)15-9-5-2-6-10-15;;;;;;;;;;;;;;;/h1-10,16-17H,11-13H2;;12*1H;;/q;+2;;;;;;;;;;;;;2*+5/p-12/t16-,17-;;;;;;;;;;;;;;;/m1.............../s1. The average molecular weight is 841 g/mol. The molecule has 2 aliphatic rings. The minimum absolute atomic E-state index is 0. The molecule has 0 N–H and O–H groups in total. The molecule has 0 aromatic heterocycles. The van der Waals surface area contributed by atoms with Crippen LogP contribution in [0.25, 0.3) is 0 Å². The van der Waals surface area contributed by atoms with Crippen molar-refractivity contribution in [3.63, 3.8) is 0 Å². The van der Waals surface area contributed by atoms with Crippen molar-refractivity contribution >= 4 is 50.7 Å². The molecule has 2 aliphatic heterocycles. The van der Waals surface area contributed by atoms with Crippen LogP contribution in [0, 0.1) is 0 Å². The van der Waals surface area contributed by atoms with Crippen LogP contribution in [0.5, 0.6) is 0 Å². The molecule has 38 heavy (non-hydrogen) atoms. The van der Waals surface area contributed by atoms with Gasteiger partial charge in [-0.3, -0.25) is 0 Å². The van der Waals surface area contributed by atoms with Crippen molar-refractivity contribution in [2.75, 3.05) is 13.2 Å². The van der Waals surface area contributed by atoms with Crippen molar-refractivity contribution in [2.45, 2.75) is 18.5 Å². The number of nitrogens with zero attached hydrogens (tertiary/aromatic N) is 2. The Kier molecular flexibility index (Phi) is 9.68. The molecule has 0 bridgehead atoms. The van der Waals surface area contributed by atoms with Gasteiger partial charge in [-0.05, 0) is 11.1 Å². The van der Waals surface area contributed by atoms with Gasteiger partial charge >= 0.3 is 89.8 Å². The van der Waals surface area contributed by atoms with E-state index in [1.165, 1.54) is 11.1 Å². The number of rotatable bonds is 4. The third kappa shape index (κ3) is 19.7. The molecular formula is C19H18CuF12N2O2Sb2. The first-order valence-corrected chi connectivity index (χ1v) is 21.5. The van der Waals surface area contributed by atoms with Crippen LogP contribution >= 0.6 is 0 Å². The van der Waals surface area contributed by atoms with Crippen LogP contribution in [0.4, 0.5) is 33.8 Å². The fourth-order valence-corrected chi connectivity index (χ4v) is 2.86. The zero-order valence-electron chi connectivity index (χ0n) is 18.5. The SMILES string of the molecule is [Cu+2].[F][Sb-]([F])([F])([F])([F])[F].[F][Sb-]([F])([F])([F])([F])[F].c1ccc([C@H]2COC(CC3=N[C@@H](c4ccccc4)CO3)=N2)cc1. The predicted molar refractivity (Wildman–Crippen MR) is 115 cm³/mol. The Morgan fingerprint density at radius 2 is 0.816 bits per heavy atom. The molecule has 2 atom stereocenters. The number of halogens is 12. The summed E-state index contributed by atoms with van der Waals surface area (Å²) < 4.78 is 131. The van der Waals surface area contributed by atoms with Gasteiger partial charge in [0.25, 0.3) is 0 Å². The number of hydrogen-bond acceptors (Lipinski definition) is 4. The summed E-state index contributed by atoms with van der Waals surface area (Å²) in [6, 6.07) is 20.6. The Labute approximate surface area is 223 Å². The molecule has 2 aromatic rings. The molecule has 4 rings (SSSR count). The topological polar surface area (TPSA) is 43.2 Å². The van der Waals surface area contributed by atoms with Crippen LogP contribution in [-0.4, -0.2) is 64.0 Å². The Morgan fingerprint density at radius 1 is 0.553 bits per heavy atom. The van der Waals surface area contributed by atoms with Gasteiger partial charge in [0.2, 0.25) is 0 Å². The molecule has 2 heterocycles. The first kappa shape index (κ1) is 34.7. The second-order valence-corrected chi connectivity index (χ2v) is 18.6. The molecule has 0 unspecified atom stereocenters. The third-order valence-corrected chi connectivity index (χ3v) is 4.09. The molecule has 1 radical (unpaired) electrons. The quantitative estimate of drug-likeness (QED) is 0.232. The summed E-state index contributed by atoms with van der Waals surface area (Å²) in [7, 11) is 0. The molecule has 19 heteroatoms. The van der Waals surface area contributed by atoms with Gasteiger partial charge in [0.1, 0.15) is 25.3 Å². The van der Waals surface area contributed by atoms with Gasteiger partial charge in [-0.15, -0.1) is 0 Å². The maximum Gasteiger partial charge on any atom is 0.193 e. The Balaban J connectivity index is 0.000000403. The first-order chi connectivity index (χ1) is 16.3. The molecule has 0 saturated heterocycles. The summed E-state index contributed by atoms with van der Waals surface area (Å²) in [6.45, 7) is 1.18. The second-order valence-electron chi connectivity index (χ2n) is 7.61. The molecule has 0 aliphatic carbocycles. The summed E-state index contributed by atoms with van der Waals surface area (Å²) in [5.41, 5.74) is 2.36. The van der Waals surface area contributed by atoms with Crippen LogP contribution in [0.1, 0.15) is 29.6 Å². The van der Waals surface area contributed by atoms with E-state index in [4.69, 9.17) is 9.47 Å². The van der Waals surface area contributed by atoms with Crippen molar-refractivity contribution in [3.8, 4) is 0 Å². The molecular weight excluding hydrogens is 823 g/mol. The van der Waals surface area contributed by atoms with E-state index in [0.717, 1.165) is 0 Å². The molecule has 0 fully saturated rings. The Morgan fingerprint density at radius 3 is 1.08 bits per heavy atom. The summed E-state index contributed by atoms with van der Waals surface area (Å²) in [6.07, 6.45) is 0.534. The van der Waals surface area contributed by atoms with Gasteiger partial charge in [0, 0.05) is 0 Å². The van der Waals surface area contributed by atoms with Crippen LogP contribution in [0.2, 0.25) is 0 Å². The monoisotopic (exact) mass is 839 g/mol. The van der Waals surface area contributed by atoms with Gasteiger partial charge in [-0.25, -0.2) is 9.98 Å². The normalized spacial score (nSPS) is 22.4. The Hall–Kier alpha value is -1.30. The van der Waals surface area contributed by atoms with E-state index < -0.39 is 39.0 Å². The predicted octanol–water partition coefficient (Wildman–Crippen LogP) is 7.99. The molecule has 0 saturated carbocycles. The van der Waals surface area contributed by atoms with E-state index in [1.54, 1.807) is 0 Å². The fourth-order valence-electron chi connectivity index (χ4n) is 2.86. The summed E-state index contributed by atoms with van der Waals surface area (Å²) in [5.74, 6) is 1.43. The average Bonchev–Trinajstić information content (AvgIpc) is 3.35. The molecule has 0 amide bonds. The van der Waals surface area contributed by atoms with Crippen molar-refractivity contribution in [1.29, 1.82) is 0 Å². The van der Waals surface area contributed by atoms with Crippen LogP contribution in [0.15, 0.2) is 70.6 Å². The summed E-state index contributed by atoms with van der Waals surface area (Å²) >= 11 is -22.5. The van der Waals surface area contributed by atoms with Crippen molar-refractivity contribution in [3.05, 3.63) is 71.8 Å². The van der Waals surface area contributed by atoms with Crippen LogP contribution in [-0.2, 0) is 26.5 Å². The maximum atomic E-state index is 9.93.